The summed E-state index contributed by atoms with van der Waals surface area (Å²) in [4.78, 5) is 0. The van der Waals surface area contributed by atoms with Crippen LogP contribution in [0, 0.1) is 6.92 Å². The number of hydrogen-bond donors (Lipinski definition) is 1. The van der Waals surface area contributed by atoms with Crippen LogP contribution in [0.25, 0.3) is 0 Å². The number of halogens is 2. The first-order valence-corrected chi connectivity index (χ1v) is 7.05. The molecule has 0 bridgehead atoms. The quantitative estimate of drug-likeness (QED) is 0.822. The zero-order valence-corrected chi connectivity index (χ0v) is 12.6. The van der Waals surface area contributed by atoms with Crippen LogP contribution in [-0.2, 0) is 6.54 Å². The van der Waals surface area contributed by atoms with Crippen LogP contribution in [-0.4, -0.2) is 0 Å². The summed E-state index contributed by atoms with van der Waals surface area (Å²) in [6.45, 7) is 5.00. The van der Waals surface area contributed by atoms with E-state index < -0.39 is 0 Å². The first kappa shape index (κ1) is 14.4. The Bertz CT molecular complexity index is 546. The second kappa shape index (κ2) is 6.42. The van der Waals surface area contributed by atoms with Gasteiger partial charge in [0.05, 0.1) is 0 Å². The number of benzene rings is 2. The van der Waals surface area contributed by atoms with E-state index in [2.05, 4.69) is 43.4 Å². The van der Waals surface area contributed by atoms with Gasteiger partial charge in [0, 0.05) is 22.6 Å². The second-order valence-electron chi connectivity index (χ2n) is 4.79. The Hall–Kier alpha value is -1.02. The zero-order valence-electron chi connectivity index (χ0n) is 11.1. The summed E-state index contributed by atoms with van der Waals surface area (Å²) in [6, 6.07) is 14.4. The topological polar surface area (TPSA) is 12.0 Å². The maximum atomic E-state index is 5.99. The first-order chi connectivity index (χ1) is 9.04. The second-order valence-corrected chi connectivity index (χ2v) is 5.67. The molecular formula is C16H17Cl2N. The van der Waals surface area contributed by atoms with Gasteiger partial charge in [-0.1, -0.05) is 53.0 Å². The Morgan fingerprint density at radius 1 is 1.05 bits per heavy atom. The average molecular weight is 294 g/mol. The molecule has 0 aliphatic carbocycles. The lowest BCUT2D eigenvalue weighted by Gasteiger charge is -2.15. The van der Waals surface area contributed by atoms with Gasteiger partial charge in [-0.3, -0.25) is 0 Å². The summed E-state index contributed by atoms with van der Waals surface area (Å²) in [6.07, 6.45) is 0. The van der Waals surface area contributed by atoms with Gasteiger partial charge in [0.2, 0.25) is 0 Å². The molecule has 2 aromatic carbocycles. The van der Waals surface area contributed by atoms with Crippen LogP contribution in [0.5, 0.6) is 0 Å². The van der Waals surface area contributed by atoms with E-state index in [0.717, 1.165) is 12.1 Å². The van der Waals surface area contributed by atoms with Crippen molar-refractivity contribution in [3.63, 3.8) is 0 Å². The molecule has 2 rings (SSSR count). The van der Waals surface area contributed by atoms with Crippen LogP contribution in [0.1, 0.15) is 29.7 Å². The summed E-state index contributed by atoms with van der Waals surface area (Å²) >= 11 is 12.0. The minimum atomic E-state index is 0.289. The minimum absolute atomic E-state index is 0.289. The molecule has 0 aliphatic heterocycles. The number of aryl methyl sites for hydroxylation is 1. The Morgan fingerprint density at radius 3 is 2.37 bits per heavy atom. The molecule has 0 unspecified atom stereocenters. The molecule has 19 heavy (non-hydrogen) atoms. The number of nitrogens with one attached hydrogen (secondary N) is 1. The average Bonchev–Trinajstić information content (AvgIpc) is 2.35. The largest absolute Gasteiger partial charge is 0.306 e. The third kappa shape index (κ3) is 4.24. The highest BCUT2D eigenvalue weighted by atomic mass is 35.5. The van der Waals surface area contributed by atoms with Crippen molar-refractivity contribution in [2.45, 2.75) is 26.4 Å². The molecule has 1 nitrogen and oxygen atoms in total. The van der Waals surface area contributed by atoms with E-state index in [-0.39, 0.29) is 6.04 Å². The van der Waals surface area contributed by atoms with Crippen LogP contribution in [0.4, 0.5) is 0 Å². The molecule has 1 N–H and O–H groups in total. The summed E-state index contributed by atoms with van der Waals surface area (Å²) in [5.41, 5.74) is 3.65. The van der Waals surface area contributed by atoms with Gasteiger partial charge in [0.1, 0.15) is 0 Å². The molecule has 0 amide bonds. The van der Waals surface area contributed by atoms with Crippen LogP contribution >= 0.6 is 23.2 Å². The third-order valence-corrected chi connectivity index (χ3v) is 3.51. The van der Waals surface area contributed by atoms with Crippen molar-refractivity contribution in [3.8, 4) is 0 Å². The van der Waals surface area contributed by atoms with Gasteiger partial charge in [-0.2, -0.15) is 0 Å². The van der Waals surface area contributed by atoms with Gasteiger partial charge >= 0.3 is 0 Å². The smallest absolute Gasteiger partial charge is 0.0424 e. The molecule has 1 atom stereocenters. The van der Waals surface area contributed by atoms with E-state index in [9.17, 15) is 0 Å². The van der Waals surface area contributed by atoms with Crippen LogP contribution in [0.15, 0.2) is 42.5 Å². The normalized spacial score (nSPS) is 12.4. The fraction of sp³-hybridized carbons (Fsp3) is 0.250. The molecule has 0 heterocycles. The van der Waals surface area contributed by atoms with E-state index in [4.69, 9.17) is 23.2 Å². The SMILES string of the molecule is Cc1cccc([C@H](C)NCc2cc(Cl)cc(Cl)c2)c1. The predicted molar refractivity (Wildman–Crippen MR) is 82.9 cm³/mol. The van der Waals surface area contributed by atoms with Crippen LogP contribution < -0.4 is 5.32 Å². The molecule has 0 aromatic heterocycles. The van der Waals surface area contributed by atoms with Crippen LogP contribution in [0.2, 0.25) is 10.0 Å². The van der Waals surface area contributed by atoms with Gasteiger partial charge < -0.3 is 5.32 Å². The molecule has 100 valence electrons. The lowest BCUT2D eigenvalue weighted by atomic mass is 10.1. The van der Waals surface area contributed by atoms with Crippen molar-refractivity contribution >= 4 is 23.2 Å². The Kier molecular flexibility index (Phi) is 4.87. The molecule has 0 spiro atoms. The third-order valence-electron chi connectivity index (χ3n) is 3.08. The van der Waals surface area contributed by atoms with E-state index in [1.165, 1.54) is 11.1 Å². The van der Waals surface area contributed by atoms with Gasteiger partial charge in [-0.25, -0.2) is 0 Å². The first-order valence-electron chi connectivity index (χ1n) is 6.29. The number of rotatable bonds is 4. The van der Waals surface area contributed by atoms with Crippen molar-refractivity contribution in [3.05, 3.63) is 69.2 Å². The van der Waals surface area contributed by atoms with E-state index in [1.54, 1.807) is 6.07 Å². The standard InChI is InChI=1S/C16H17Cl2N/c1-11-4-3-5-14(6-11)12(2)19-10-13-7-15(17)9-16(18)8-13/h3-9,12,19H,10H2,1-2H3/t12-/m0/s1. The van der Waals surface area contributed by atoms with Gasteiger partial charge in [-0.15, -0.1) is 0 Å². The monoisotopic (exact) mass is 293 g/mol. The van der Waals surface area contributed by atoms with Crippen LogP contribution in [0.3, 0.4) is 0 Å². The zero-order chi connectivity index (χ0) is 13.8. The van der Waals surface area contributed by atoms with E-state index in [0.29, 0.717) is 10.0 Å². The summed E-state index contributed by atoms with van der Waals surface area (Å²) in [5, 5.41) is 4.83. The van der Waals surface area contributed by atoms with Crippen molar-refractivity contribution in [2.75, 3.05) is 0 Å². The van der Waals surface area contributed by atoms with Gasteiger partial charge in [0.15, 0.2) is 0 Å². The van der Waals surface area contributed by atoms with Gasteiger partial charge in [-0.05, 0) is 43.2 Å². The molecule has 2 aromatic rings. The Labute approximate surface area is 124 Å². The fourth-order valence-electron chi connectivity index (χ4n) is 2.04. The highest BCUT2D eigenvalue weighted by Crippen LogP contribution is 2.20. The Morgan fingerprint density at radius 2 is 1.74 bits per heavy atom. The predicted octanol–water partition coefficient (Wildman–Crippen LogP) is 5.15. The molecule has 0 radical (unpaired) electrons. The van der Waals surface area contributed by atoms with E-state index in [1.807, 2.05) is 12.1 Å². The molecular weight excluding hydrogens is 277 g/mol. The summed E-state index contributed by atoms with van der Waals surface area (Å²) in [7, 11) is 0. The molecule has 0 saturated heterocycles. The van der Waals surface area contributed by atoms with Crippen molar-refractivity contribution in [1.29, 1.82) is 0 Å². The highest BCUT2D eigenvalue weighted by Gasteiger charge is 2.05. The van der Waals surface area contributed by atoms with Crippen molar-refractivity contribution in [1.82, 2.24) is 5.32 Å². The van der Waals surface area contributed by atoms with E-state index >= 15 is 0 Å². The summed E-state index contributed by atoms with van der Waals surface area (Å²) < 4.78 is 0. The summed E-state index contributed by atoms with van der Waals surface area (Å²) in [5.74, 6) is 0. The Balaban J connectivity index is 2.02. The maximum Gasteiger partial charge on any atom is 0.0424 e. The molecule has 0 aliphatic rings. The molecule has 0 fully saturated rings. The fourth-order valence-corrected chi connectivity index (χ4v) is 2.61. The maximum absolute atomic E-state index is 5.99. The minimum Gasteiger partial charge on any atom is -0.306 e. The molecule has 0 saturated carbocycles. The molecule has 3 heteroatoms. The van der Waals surface area contributed by atoms with Gasteiger partial charge in [0.25, 0.3) is 0 Å². The number of hydrogen-bond acceptors (Lipinski definition) is 1. The highest BCUT2D eigenvalue weighted by molar-refractivity contribution is 6.34. The lowest BCUT2D eigenvalue weighted by Crippen LogP contribution is -2.18. The van der Waals surface area contributed by atoms with Crippen molar-refractivity contribution in [2.24, 2.45) is 0 Å². The lowest BCUT2D eigenvalue weighted by molar-refractivity contribution is 0.574. The van der Waals surface area contributed by atoms with Crippen molar-refractivity contribution < 1.29 is 0 Å².